The van der Waals surface area contributed by atoms with Crippen molar-refractivity contribution < 1.29 is 23.8 Å². The fourth-order valence-corrected chi connectivity index (χ4v) is 5.86. The van der Waals surface area contributed by atoms with Gasteiger partial charge in [-0.25, -0.2) is 9.78 Å². The number of nitrogens with one attached hydrogen (secondary N) is 2. The van der Waals surface area contributed by atoms with E-state index in [-0.39, 0.29) is 11.6 Å². The van der Waals surface area contributed by atoms with Crippen LogP contribution in [0.25, 0.3) is 0 Å². The summed E-state index contributed by atoms with van der Waals surface area (Å²) in [6.45, 7) is 6.29. The van der Waals surface area contributed by atoms with Crippen molar-refractivity contribution in [3.63, 3.8) is 0 Å². The highest BCUT2D eigenvalue weighted by Gasteiger charge is 2.40. The van der Waals surface area contributed by atoms with E-state index >= 15 is 0 Å². The van der Waals surface area contributed by atoms with Crippen LogP contribution in [0, 0.1) is 11.8 Å². The molecule has 8 nitrogen and oxygen atoms in total. The molecule has 2 saturated carbocycles. The summed E-state index contributed by atoms with van der Waals surface area (Å²) in [4.78, 5) is 30.8. The number of thiazole rings is 1. The second kappa shape index (κ2) is 8.52. The fraction of sp³-hybridized carbons (Fsp3) is 0.542. The van der Waals surface area contributed by atoms with Gasteiger partial charge in [0.25, 0.3) is 0 Å². The van der Waals surface area contributed by atoms with E-state index in [1.165, 1.54) is 30.6 Å². The number of anilines is 2. The molecule has 2 bridgehead atoms. The molecule has 0 radical (unpaired) electrons. The Hall–Kier alpha value is -2.81. The van der Waals surface area contributed by atoms with Gasteiger partial charge in [0, 0.05) is 11.6 Å². The molecule has 2 aromatic rings. The van der Waals surface area contributed by atoms with Crippen LogP contribution in [0.5, 0.6) is 11.5 Å². The molecule has 2 unspecified atom stereocenters. The van der Waals surface area contributed by atoms with Gasteiger partial charge in [-0.05, 0) is 70.1 Å². The van der Waals surface area contributed by atoms with Gasteiger partial charge in [0.05, 0.1) is 0 Å². The highest BCUT2D eigenvalue weighted by atomic mass is 32.1. The van der Waals surface area contributed by atoms with Crippen LogP contribution in [-0.4, -0.2) is 41.7 Å². The molecule has 3 atom stereocenters. The maximum absolute atomic E-state index is 13.5. The SMILES string of the molecule is CC(C)(C)OC(=O)Nc1nc(N[C@H]2CC3CCC2C3)sc1C(=O)c1ccc2c(c1)OCCO2. The first kappa shape index (κ1) is 22.0. The number of benzene rings is 1. The molecule has 1 aliphatic heterocycles. The Kier molecular flexibility index (Phi) is 5.68. The summed E-state index contributed by atoms with van der Waals surface area (Å²) in [5.74, 6) is 2.56. The van der Waals surface area contributed by atoms with Gasteiger partial charge in [-0.2, -0.15) is 0 Å². The third-order valence-electron chi connectivity index (χ3n) is 6.30. The van der Waals surface area contributed by atoms with E-state index in [0.29, 0.717) is 52.2 Å². The van der Waals surface area contributed by atoms with Gasteiger partial charge in [0.2, 0.25) is 5.78 Å². The molecule has 2 N–H and O–H groups in total. The number of amides is 1. The number of hydrogen-bond donors (Lipinski definition) is 2. The zero-order valence-electron chi connectivity index (χ0n) is 19.1. The zero-order valence-corrected chi connectivity index (χ0v) is 19.9. The summed E-state index contributed by atoms with van der Waals surface area (Å²) in [6.07, 6.45) is 4.29. The van der Waals surface area contributed by atoms with E-state index < -0.39 is 11.7 Å². The molecule has 0 spiro atoms. The second-order valence-corrected chi connectivity index (χ2v) is 10.9. The normalized spacial score (nSPS) is 23.3. The molecule has 3 aliphatic rings. The fourth-order valence-electron chi connectivity index (χ4n) is 4.92. The summed E-state index contributed by atoms with van der Waals surface area (Å²) >= 11 is 1.26. The Morgan fingerprint density at radius 2 is 1.91 bits per heavy atom. The standard InChI is InChI=1S/C24H29N3O5S/c1-24(2,3)32-23(29)27-21-20(19(28)15-6-7-17-18(12-15)31-9-8-30-17)33-22(26-21)25-16-11-13-4-5-14(16)10-13/h6-7,12-14,16H,4-5,8-11H2,1-3H3,(H,25,26)(H,27,29)/t13?,14?,16-/m0/s1. The van der Waals surface area contributed by atoms with E-state index in [0.717, 1.165) is 12.3 Å². The van der Waals surface area contributed by atoms with E-state index in [9.17, 15) is 9.59 Å². The maximum atomic E-state index is 13.5. The zero-order chi connectivity index (χ0) is 23.2. The number of carbonyl (C=O) groups excluding carboxylic acids is 2. The highest BCUT2D eigenvalue weighted by molar-refractivity contribution is 7.18. The Labute approximate surface area is 197 Å². The minimum absolute atomic E-state index is 0.208. The molecule has 2 aliphatic carbocycles. The van der Waals surface area contributed by atoms with Gasteiger partial charge in [-0.15, -0.1) is 0 Å². The van der Waals surface area contributed by atoms with Crippen molar-refractivity contribution in [2.75, 3.05) is 23.8 Å². The van der Waals surface area contributed by atoms with Crippen molar-refractivity contribution in [1.82, 2.24) is 4.98 Å². The Morgan fingerprint density at radius 1 is 1.12 bits per heavy atom. The van der Waals surface area contributed by atoms with Crippen LogP contribution in [0.1, 0.15) is 61.7 Å². The van der Waals surface area contributed by atoms with Crippen LogP contribution in [0.4, 0.5) is 15.7 Å². The van der Waals surface area contributed by atoms with Gasteiger partial charge in [0.15, 0.2) is 22.4 Å². The Morgan fingerprint density at radius 3 is 2.61 bits per heavy atom. The third-order valence-corrected chi connectivity index (χ3v) is 7.29. The number of aromatic nitrogens is 1. The topological polar surface area (TPSA) is 98.8 Å². The number of ketones is 1. The molecular formula is C24H29N3O5S. The highest BCUT2D eigenvalue weighted by Crippen LogP contribution is 2.46. The van der Waals surface area contributed by atoms with Crippen LogP contribution in [0.15, 0.2) is 18.2 Å². The largest absolute Gasteiger partial charge is 0.486 e. The van der Waals surface area contributed by atoms with Crippen molar-refractivity contribution in [1.29, 1.82) is 0 Å². The van der Waals surface area contributed by atoms with Gasteiger partial charge in [-0.1, -0.05) is 17.8 Å². The first-order chi connectivity index (χ1) is 15.7. The van der Waals surface area contributed by atoms with Crippen LogP contribution in [0.3, 0.4) is 0 Å². The Balaban J connectivity index is 1.41. The van der Waals surface area contributed by atoms with Gasteiger partial charge >= 0.3 is 6.09 Å². The summed E-state index contributed by atoms with van der Waals surface area (Å²) in [7, 11) is 0. The van der Waals surface area contributed by atoms with Crippen molar-refractivity contribution in [3.8, 4) is 11.5 Å². The molecule has 5 rings (SSSR count). The molecule has 1 amide bonds. The van der Waals surface area contributed by atoms with Crippen LogP contribution in [-0.2, 0) is 4.74 Å². The lowest BCUT2D eigenvalue weighted by atomic mass is 9.96. The van der Waals surface area contributed by atoms with Crippen LogP contribution >= 0.6 is 11.3 Å². The van der Waals surface area contributed by atoms with Crippen molar-refractivity contribution in [3.05, 3.63) is 28.6 Å². The lowest BCUT2D eigenvalue weighted by molar-refractivity contribution is 0.0635. The first-order valence-electron chi connectivity index (χ1n) is 11.5. The van der Waals surface area contributed by atoms with Gasteiger partial charge in [0.1, 0.15) is 23.7 Å². The number of rotatable bonds is 5. The first-order valence-corrected chi connectivity index (χ1v) is 12.3. The van der Waals surface area contributed by atoms with Crippen molar-refractivity contribution in [2.45, 2.75) is 58.1 Å². The van der Waals surface area contributed by atoms with E-state index in [1.807, 2.05) is 0 Å². The molecule has 176 valence electrons. The molecule has 0 saturated heterocycles. The number of fused-ring (bicyclic) bond motifs is 3. The minimum Gasteiger partial charge on any atom is -0.486 e. The number of ether oxygens (including phenoxy) is 3. The van der Waals surface area contributed by atoms with Gasteiger partial charge in [-0.3, -0.25) is 10.1 Å². The van der Waals surface area contributed by atoms with E-state index in [1.54, 1.807) is 39.0 Å². The molecule has 2 heterocycles. The average Bonchev–Trinajstić information content (AvgIpc) is 3.48. The molecular weight excluding hydrogens is 442 g/mol. The quantitative estimate of drug-likeness (QED) is 0.586. The summed E-state index contributed by atoms with van der Waals surface area (Å²) in [5, 5.41) is 6.85. The Bertz CT molecular complexity index is 1080. The predicted octanol–water partition coefficient (Wildman–Crippen LogP) is 5.09. The smallest absolute Gasteiger partial charge is 0.413 e. The minimum atomic E-state index is -0.662. The van der Waals surface area contributed by atoms with Crippen molar-refractivity contribution >= 4 is 34.2 Å². The van der Waals surface area contributed by atoms with E-state index in [4.69, 9.17) is 14.2 Å². The lowest BCUT2D eigenvalue weighted by Gasteiger charge is -2.22. The molecule has 9 heteroatoms. The number of nitrogens with zero attached hydrogens (tertiary/aromatic N) is 1. The van der Waals surface area contributed by atoms with Crippen molar-refractivity contribution in [2.24, 2.45) is 11.8 Å². The molecule has 33 heavy (non-hydrogen) atoms. The van der Waals surface area contributed by atoms with Crippen LogP contribution in [0.2, 0.25) is 0 Å². The third kappa shape index (κ3) is 4.78. The predicted molar refractivity (Wildman–Crippen MR) is 126 cm³/mol. The summed E-state index contributed by atoms with van der Waals surface area (Å²) < 4.78 is 16.6. The molecule has 2 fully saturated rings. The summed E-state index contributed by atoms with van der Waals surface area (Å²) in [6, 6.07) is 5.48. The number of carbonyl (C=O) groups is 2. The molecule has 1 aromatic carbocycles. The monoisotopic (exact) mass is 471 g/mol. The number of hydrogen-bond acceptors (Lipinski definition) is 8. The molecule has 1 aromatic heterocycles. The average molecular weight is 472 g/mol. The van der Waals surface area contributed by atoms with Gasteiger partial charge < -0.3 is 19.5 Å². The lowest BCUT2D eigenvalue weighted by Crippen LogP contribution is -2.28. The summed E-state index contributed by atoms with van der Waals surface area (Å²) in [5.41, 5.74) is -0.216. The van der Waals surface area contributed by atoms with Crippen LogP contribution < -0.4 is 20.1 Å². The van der Waals surface area contributed by atoms with E-state index in [2.05, 4.69) is 15.6 Å². The second-order valence-electron chi connectivity index (χ2n) is 9.94. The maximum Gasteiger partial charge on any atom is 0.413 e.